The molecule has 0 spiro atoms. The summed E-state index contributed by atoms with van der Waals surface area (Å²) in [7, 11) is 0. The van der Waals surface area contributed by atoms with Crippen LogP contribution in [0.25, 0.3) is 11.1 Å². The van der Waals surface area contributed by atoms with Crippen molar-refractivity contribution in [1.82, 2.24) is 4.98 Å². The van der Waals surface area contributed by atoms with Gasteiger partial charge in [-0.3, -0.25) is 0 Å². The molecule has 0 aliphatic carbocycles. The standard InChI is InChI=1S/C25H27NO2/c1-17(2)18-6-8-19(9-7-18)21-12-15-23(26-16-21)28-24(27)20-10-13-22(14-11-20)25(3,4)5/h6-17H,1-5H3. The Kier molecular flexibility index (Phi) is 5.64. The Bertz CT molecular complexity index is 932. The summed E-state index contributed by atoms with van der Waals surface area (Å²) in [5.41, 5.74) is 5.13. The van der Waals surface area contributed by atoms with Crippen LogP contribution in [0.1, 0.15) is 62.0 Å². The van der Waals surface area contributed by atoms with Gasteiger partial charge in [-0.25, -0.2) is 9.78 Å². The van der Waals surface area contributed by atoms with Crippen molar-refractivity contribution in [3.05, 3.63) is 83.6 Å². The molecule has 0 N–H and O–H groups in total. The highest BCUT2D eigenvalue weighted by atomic mass is 16.5. The number of carbonyl (C=O) groups is 1. The van der Waals surface area contributed by atoms with Gasteiger partial charge in [0.1, 0.15) is 0 Å². The highest BCUT2D eigenvalue weighted by molar-refractivity contribution is 5.90. The molecule has 144 valence electrons. The Morgan fingerprint density at radius 1 is 0.857 bits per heavy atom. The summed E-state index contributed by atoms with van der Waals surface area (Å²) in [4.78, 5) is 16.7. The number of esters is 1. The van der Waals surface area contributed by atoms with Crippen molar-refractivity contribution in [2.24, 2.45) is 0 Å². The van der Waals surface area contributed by atoms with Gasteiger partial charge in [0.2, 0.25) is 5.88 Å². The lowest BCUT2D eigenvalue weighted by Crippen LogP contribution is -2.13. The van der Waals surface area contributed by atoms with E-state index in [1.54, 1.807) is 24.4 Å². The van der Waals surface area contributed by atoms with Gasteiger partial charge < -0.3 is 4.74 Å². The molecule has 0 aliphatic heterocycles. The van der Waals surface area contributed by atoms with Crippen LogP contribution in [0.2, 0.25) is 0 Å². The number of hydrogen-bond acceptors (Lipinski definition) is 3. The van der Waals surface area contributed by atoms with Gasteiger partial charge in [-0.15, -0.1) is 0 Å². The molecule has 0 saturated heterocycles. The van der Waals surface area contributed by atoms with Crippen LogP contribution in [0.3, 0.4) is 0 Å². The first-order chi connectivity index (χ1) is 13.2. The van der Waals surface area contributed by atoms with E-state index in [1.165, 1.54) is 11.1 Å². The van der Waals surface area contributed by atoms with Crippen molar-refractivity contribution >= 4 is 5.97 Å². The molecule has 0 bridgehead atoms. The SMILES string of the molecule is CC(C)c1ccc(-c2ccc(OC(=O)c3ccc(C(C)(C)C)cc3)nc2)cc1. The molecule has 1 aromatic heterocycles. The topological polar surface area (TPSA) is 39.2 Å². The van der Waals surface area contributed by atoms with Crippen LogP contribution in [-0.4, -0.2) is 11.0 Å². The van der Waals surface area contributed by atoms with Gasteiger partial charge in [0, 0.05) is 17.8 Å². The first kappa shape index (κ1) is 19.8. The zero-order valence-corrected chi connectivity index (χ0v) is 17.2. The fourth-order valence-corrected chi connectivity index (χ4v) is 2.93. The quantitative estimate of drug-likeness (QED) is 0.498. The van der Waals surface area contributed by atoms with E-state index in [-0.39, 0.29) is 5.41 Å². The van der Waals surface area contributed by atoms with Gasteiger partial charge in [0.25, 0.3) is 0 Å². The Morgan fingerprint density at radius 3 is 1.96 bits per heavy atom. The predicted octanol–water partition coefficient (Wildman–Crippen LogP) is 6.39. The zero-order valence-electron chi connectivity index (χ0n) is 17.2. The van der Waals surface area contributed by atoms with Crippen LogP contribution in [0.4, 0.5) is 0 Å². The molecule has 2 aromatic carbocycles. The molecule has 0 radical (unpaired) electrons. The number of nitrogens with zero attached hydrogens (tertiary/aromatic N) is 1. The van der Waals surface area contributed by atoms with Gasteiger partial charge in [0.05, 0.1) is 5.56 Å². The minimum Gasteiger partial charge on any atom is -0.404 e. The molecule has 0 aliphatic rings. The fraction of sp³-hybridized carbons (Fsp3) is 0.280. The minimum atomic E-state index is -0.401. The van der Waals surface area contributed by atoms with Gasteiger partial charge in [0.15, 0.2) is 0 Å². The Balaban J connectivity index is 1.69. The normalized spacial score (nSPS) is 11.5. The van der Waals surface area contributed by atoms with Crippen molar-refractivity contribution in [2.45, 2.75) is 46.0 Å². The number of benzene rings is 2. The molecular formula is C25H27NO2. The molecule has 3 rings (SSSR count). The first-order valence-electron chi connectivity index (χ1n) is 9.63. The second-order valence-electron chi connectivity index (χ2n) is 8.38. The highest BCUT2D eigenvalue weighted by Crippen LogP contribution is 2.24. The van der Waals surface area contributed by atoms with E-state index in [4.69, 9.17) is 4.74 Å². The number of aromatic nitrogens is 1. The summed E-state index contributed by atoms with van der Waals surface area (Å²) in [5.74, 6) is 0.404. The number of carbonyl (C=O) groups excluding carboxylic acids is 1. The number of ether oxygens (including phenoxy) is 1. The molecule has 0 saturated carbocycles. The van der Waals surface area contributed by atoms with Crippen molar-refractivity contribution < 1.29 is 9.53 Å². The molecule has 0 amide bonds. The molecule has 0 fully saturated rings. The van der Waals surface area contributed by atoms with Gasteiger partial charge >= 0.3 is 5.97 Å². The van der Waals surface area contributed by atoms with Gasteiger partial charge in [-0.05, 0) is 46.2 Å². The zero-order chi connectivity index (χ0) is 20.3. The summed E-state index contributed by atoms with van der Waals surface area (Å²) in [6, 6.07) is 19.6. The minimum absolute atomic E-state index is 0.0488. The van der Waals surface area contributed by atoms with E-state index >= 15 is 0 Å². The van der Waals surface area contributed by atoms with Crippen LogP contribution in [0, 0.1) is 0 Å². The first-order valence-corrected chi connectivity index (χ1v) is 9.63. The smallest absolute Gasteiger partial charge is 0.344 e. The second kappa shape index (κ2) is 7.97. The Labute approximate surface area is 167 Å². The second-order valence-corrected chi connectivity index (χ2v) is 8.38. The molecular weight excluding hydrogens is 346 g/mol. The van der Waals surface area contributed by atoms with E-state index in [0.717, 1.165) is 11.1 Å². The third-order valence-corrected chi connectivity index (χ3v) is 4.83. The average Bonchev–Trinajstić information content (AvgIpc) is 2.68. The number of hydrogen-bond donors (Lipinski definition) is 0. The van der Waals surface area contributed by atoms with Crippen LogP contribution in [0.15, 0.2) is 66.9 Å². The third kappa shape index (κ3) is 4.66. The van der Waals surface area contributed by atoms with E-state index in [2.05, 4.69) is 63.9 Å². The van der Waals surface area contributed by atoms with Crippen LogP contribution >= 0.6 is 0 Å². The van der Waals surface area contributed by atoms with E-state index in [0.29, 0.717) is 17.4 Å². The average molecular weight is 373 g/mol. The van der Waals surface area contributed by atoms with Gasteiger partial charge in [-0.2, -0.15) is 0 Å². The summed E-state index contributed by atoms with van der Waals surface area (Å²) in [5, 5.41) is 0. The van der Waals surface area contributed by atoms with E-state index in [9.17, 15) is 4.79 Å². The number of pyridine rings is 1. The van der Waals surface area contributed by atoms with E-state index < -0.39 is 5.97 Å². The monoisotopic (exact) mass is 373 g/mol. The summed E-state index contributed by atoms with van der Waals surface area (Å²) in [6.07, 6.45) is 1.73. The largest absolute Gasteiger partial charge is 0.404 e. The van der Waals surface area contributed by atoms with Crippen molar-refractivity contribution in [1.29, 1.82) is 0 Å². The summed E-state index contributed by atoms with van der Waals surface area (Å²) < 4.78 is 5.42. The Hall–Kier alpha value is -2.94. The van der Waals surface area contributed by atoms with Crippen molar-refractivity contribution in [3.63, 3.8) is 0 Å². The molecule has 3 aromatic rings. The van der Waals surface area contributed by atoms with Crippen molar-refractivity contribution in [2.75, 3.05) is 0 Å². The number of rotatable bonds is 4. The lowest BCUT2D eigenvalue weighted by Gasteiger charge is -2.18. The lowest BCUT2D eigenvalue weighted by molar-refractivity contribution is 0.0727. The summed E-state index contributed by atoms with van der Waals surface area (Å²) in [6.45, 7) is 10.8. The molecule has 0 atom stereocenters. The molecule has 0 unspecified atom stereocenters. The van der Waals surface area contributed by atoms with Crippen LogP contribution < -0.4 is 4.74 Å². The predicted molar refractivity (Wildman–Crippen MR) is 114 cm³/mol. The van der Waals surface area contributed by atoms with E-state index in [1.807, 2.05) is 18.2 Å². The molecule has 3 heteroatoms. The molecule has 3 nitrogen and oxygen atoms in total. The Morgan fingerprint density at radius 2 is 1.46 bits per heavy atom. The third-order valence-electron chi connectivity index (χ3n) is 4.83. The van der Waals surface area contributed by atoms with Gasteiger partial charge in [-0.1, -0.05) is 71.0 Å². The highest BCUT2D eigenvalue weighted by Gasteiger charge is 2.15. The maximum atomic E-state index is 12.4. The van der Waals surface area contributed by atoms with Crippen LogP contribution in [-0.2, 0) is 5.41 Å². The molecule has 1 heterocycles. The summed E-state index contributed by atoms with van der Waals surface area (Å²) >= 11 is 0. The fourth-order valence-electron chi connectivity index (χ4n) is 2.93. The maximum absolute atomic E-state index is 12.4. The molecule has 28 heavy (non-hydrogen) atoms. The van der Waals surface area contributed by atoms with Crippen molar-refractivity contribution in [3.8, 4) is 17.0 Å². The maximum Gasteiger partial charge on any atom is 0.344 e. The lowest BCUT2D eigenvalue weighted by atomic mass is 9.87. The van der Waals surface area contributed by atoms with Crippen LogP contribution in [0.5, 0.6) is 5.88 Å².